The van der Waals surface area contributed by atoms with Crippen LogP contribution in [0.5, 0.6) is 5.75 Å². The van der Waals surface area contributed by atoms with Crippen LogP contribution in [-0.4, -0.2) is 32.5 Å². The maximum absolute atomic E-state index is 13.4. The van der Waals surface area contributed by atoms with Gasteiger partial charge in [-0.2, -0.15) is 0 Å². The quantitative estimate of drug-likeness (QED) is 0.291. The summed E-state index contributed by atoms with van der Waals surface area (Å²) in [4.78, 5) is 27.4. The summed E-state index contributed by atoms with van der Waals surface area (Å²) in [5.41, 5.74) is 0.556. The summed E-state index contributed by atoms with van der Waals surface area (Å²) >= 11 is 6.26. The predicted octanol–water partition coefficient (Wildman–Crippen LogP) is 4.08. The van der Waals surface area contributed by atoms with Crippen molar-refractivity contribution in [3.63, 3.8) is 0 Å². The number of pyridine rings is 1. The smallest absolute Gasteiger partial charge is 0.352 e. The standard InChI is InChI=1S/C25H24ClN3O6S/c1-14-19(35-5)12-13-20(29(14)32)28-23(30)21-17(26)10-11-18(22(21)24(28)31)27-36(33,34)16-8-6-15(7-9-16)25(2,3)4/h6-13H,1-5H3,(H-,27,31,32)/p+1. The number of nitrogens with zero attached hydrogens (tertiary/aromatic N) is 2. The van der Waals surface area contributed by atoms with Crippen molar-refractivity contribution < 1.29 is 32.7 Å². The van der Waals surface area contributed by atoms with Crippen molar-refractivity contribution >= 4 is 44.9 Å². The molecule has 0 fully saturated rings. The zero-order chi connectivity index (χ0) is 26.6. The first-order chi connectivity index (χ1) is 16.8. The zero-order valence-corrected chi connectivity index (χ0v) is 21.9. The van der Waals surface area contributed by atoms with E-state index >= 15 is 0 Å². The molecule has 1 aromatic heterocycles. The first-order valence-corrected chi connectivity index (χ1v) is 12.8. The maximum Gasteiger partial charge on any atom is 0.352 e. The number of hydrogen-bond acceptors (Lipinski definition) is 6. The van der Waals surface area contributed by atoms with Gasteiger partial charge in [0.25, 0.3) is 10.0 Å². The van der Waals surface area contributed by atoms with Crippen LogP contribution < -0.4 is 19.1 Å². The number of ether oxygens (including phenoxy) is 1. The van der Waals surface area contributed by atoms with Crippen LogP contribution in [0, 0.1) is 6.92 Å². The number of amides is 2. The van der Waals surface area contributed by atoms with E-state index in [-0.39, 0.29) is 43.7 Å². The number of nitrogens with one attached hydrogen (secondary N) is 1. The predicted molar refractivity (Wildman–Crippen MR) is 134 cm³/mol. The molecule has 4 rings (SSSR count). The molecule has 0 radical (unpaired) electrons. The number of rotatable bonds is 5. The molecule has 2 aromatic carbocycles. The minimum absolute atomic E-state index is 0.00759. The van der Waals surface area contributed by atoms with Gasteiger partial charge in [-0.3, -0.25) is 4.72 Å². The average Bonchev–Trinajstić information content (AvgIpc) is 3.08. The van der Waals surface area contributed by atoms with E-state index in [1.807, 2.05) is 20.8 Å². The fourth-order valence-electron chi connectivity index (χ4n) is 3.96. The Hall–Kier alpha value is -3.63. The molecule has 0 unspecified atom stereocenters. The highest BCUT2D eigenvalue weighted by Gasteiger charge is 2.49. The van der Waals surface area contributed by atoms with Crippen LogP contribution in [0.4, 0.5) is 11.5 Å². The number of anilines is 2. The minimum atomic E-state index is -4.10. The minimum Gasteiger partial charge on any atom is -0.493 e. The summed E-state index contributed by atoms with van der Waals surface area (Å²) in [6.07, 6.45) is 0. The van der Waals surface area contributed by atoms with Crippen LogP contribution in [0.2, 0.25) is 5.02 Å². The van der Waals surface area contributed by atoms with Crippen molar-refractivity contribution in [3.8, 4) is 5.75 Å². The van der Waals surface area contributed by atoms with E-state index in [1.54, 1.807) is 12.1 Å². The van der Waals surface area contributed by atoms with Crippen LogP contribution in [-0.2, 0) is 15.4 Å². The molecule has 9 nitrogen and oxygen atoms in total. The number of aromatic nitrogens is 1. The van der Waals surface area contributed by atoms with E-state index in [9.17, 15) is 23.2 Å². The van der Waals surface area contributed by atoms with Gasteiger partial charge in [-0.15, -0.1) is 4.90 Å². The molecule has 2 amide bonds. The fourth-order valence-corrected chi connectivity index (χ4v) is 5.27. The van der Waals surface area contributed by atoms with Gasteiger partial charge >= 0.3 is 17.6 Å². The average molecular weight is 531 g/mol. The highest BCUT2D eigenvalue weighted by molar-refractivity contribution is 7.92. The van der Waals surface area contributed by atoms with Crippen molar-refractivity contribution in [2.45, 2.75) is 38.0 Å². The second-order valence-electron chi connectivity index (χ2n) is 9.33. The van der Waals surface area contributed by atoms with Gasteiger partial charge in [0.1, 0.15) is 11.1 Å². The maximum atomic E-state index is 13.4. The molecule has 0 saturated heterocycles. The third-order valence-corrected chi connectivity index (χ3v) is 7.68. The van der Waals surface area contributed by atoms with Gasteiger partial charge in [-0.05, 0) is 46.0 Å². The van der Waals surface area contributed by atoms with Crippen molar-refractivity contribution in [3.05, 3.63) is 75.9 Å². The summed E-state index contributed by atoms with van der Waals surface area (Å²) < 4.78 is 34.5. The molecule has 11 heteroatoms. The van der Waals surface area contributed by atoms with Gasteiger partial charge in [0, 0.05) is 13.0 Å². The molecular formula is C25H25ClN3O6S+. The largest absolute Gasteiger partial charge is 0.493 e. The van der Waals surface area contributed by atoms with Gasteiger partial charge < -0.3 is 9.94 Å². The number of carbonyl (C=O) groups is 2. The Morgan fingerprint density at radius 3 is 2.17 bits per heavy atom. The number of benzene rings is 2. The molecule has 0 saturated carbocycles. The summed E-state index contributed by atoms with van der Waals surface area (Å²) in [6.45, 7) is 7.58. The first-order valence-electron chi connectivity index (χ1n) is 10.9. The number of hydrogen-bond donors (Lipinski definition) is 2. The van der Waals surface area contributed by atoms with Crippen molar-refractivity contribution in [2.24, 2.45) is 0 Å². The lowest BCUT2D eigenvalue weighted by Crippen LogP contribution is -2.45. The number of methoxy groups -OCH3 is 1. The molecule has 2 N–H and O–H groups in total. The second-order valence-corrected chi connectivity index (χ2v) is 11.4. The highest BCUT2D eigenvalue weighted by atomic mass is 35.5. The Labute approximate surface area is 213 Å². The third kappa shape index (κ3) is 4.16. The lowest BCUT2D eigenvalue weighted by atomic mass is 9.87. The number of sulfonamides is 1. The van der Waals surface area contributed by atoms with Crippen molar-refractivity contribution in [1.82, 2.24) is 0 Å². The van der Waals surface area contributed by atoms with E-state index in [4.69, 9.17) is 16.3 Å². The summed E-state index contributed by atoms with van der Waals surface area (Å²) in [7, 11) is -2.69. The van der Waals surface area contributed by atoms with Crippen LogP contribution in [0.1, 0.15) is 52.7 Å². The molecule has 1 aliphatic heterocycles. The van der Waals surface area contributed by atoms with Crippen LogP contribution in [0.3, 0.4) is 0 Å². The Balaban J connectivity index is 1.76. The van der Waals surface area contributed by atoms with Gasteiger partial charge in [0.15, 0.2) is 11.4 Å². The molecule has 0 spiro atoms. The molecule has 0 aliphatic carbocycles. The van der Waals surface area contributed by atoms with E-state index in [0.717, 1.165) is 10.5 Å². The summed E-state index contributed by atoms with van der Waals surface area (Å²) in [6, 6.07) is 11.9. The Bertz CT molecular complexity index is 1510. The summed E-state index contributed by atoms with van der Waals surface area (Å²) in [5, 5.41) is 10.6. The number of fused-ring (bicyclic) bond motifs is 1. The van der Waals surface area contributed by atoms with Crippen molar-refractivity contribution in [1.29, 1.82) is 0 Å². The molecule has 1 aliphatic rings. The van der Waals surface area contributed by atoms with E-state index in [2.05, 4.69) is 4.72 Å². The second kappa shape index (κ2) is 8.79. The topological polar surface area (TPSA) is 117 Å². The molecule has 3 aromatic rings. The van der Waals surface area contributed by atoms with Gasteiger partial charge in [-0.25, -0.2) is 18.0 Å². The molecule has 0 bridgehead atoms. The molecule has 0 atom stereocenters. The lowest BCUT2D eigenvalue weighted by Gasteiger charge is -2.19. The Morgan fingerprint density at radius 2 is 1.58 bits per heavy atom. The number of carbonyl (C=O) groups excluding carboxylic acids is 2. The molecular weight excluding hydrogens is 506 g/mol. The lowest BCUT2D eigenvalue weighted by molar-refractivity contribution is -0.898. The molecule has 2 heterocycles. The van der Waals surface area contributed by atoms with Crippen LogP contribution in [0.15, 0.2) is 53.4 Å². The van der Waals surface area contributed by atoms with Crippen LogP contribution >= 0.6 is 11.6 Å². The fraction of sp³-hybridized carbons (Fsp3) is 0.240. The highest BCUT2D eigenvalue weighted by Crippen LogP contribution is 2.37. The van der Waals surface area contributed by atoms with Crippen molar-refractivity contribution in [2.75, 3.05) is 16.7 Å². The normalized spacial score (nSPS) is 13.7. The summed E-state index contributed by atoms with van der Waals surface area (Å²) in [5.74, 6) is -1.46. The van der Waals surface area contributed by atoms with E-state index in [1.165, 1.54) is 50.4 Å². The van der Waals surface area contributed by atoms with E-state index < -0.39 is 21.8 Å². The Morgan fingerprint density at radius 1 is 0.972 bits per heavy atom. The zero-order valence-electron chi connectivity index (χ0n) is 20.3. The number of imide groups is 1. The first kappa shape index (κ1) is 25.5. The SMILES string of the molecule is COc1ccc(N2C(=O)c3c(Cl)ccc(NS(=O)(=O)c4ccc(C(C)(C)C)cc4)c3C2=O)[n+](O)c1C. The van der Waals surface area contributed by atoms with Gasteiger partial charge in [0.05, 0.1) is 22.7 Å². The molecule has 36 heavy (non-hydrogen) atoms. The third-order valence-electron chi connectivity index (χ3n) is 5.99. The number of halogens is 1. The van der Waals surface area contributed by atoms with Crippen LogP contribution in [0.25, 0.3) is 0 Å². The van der Waals surface area contributed by atoms with E-state index in [0.29, 0.717) is 10.5 Å². The van der Waals surface area contributed by atoms with Gasteiger partial charge in [0.2, 0.25) is 0 Å². The Kier molecular flexibility index (Phi) is 6.22. The molecule has 188 valence electrons. The monoisotopic (exact) mass is 530 g/mol. The van der Waals surface area contributed by atoms with Gasteiger partial charge in [-0.1, -0.05) is 44.5 Å².